The van der Waals surface area contributed by atoms with Crippen LogP contribution in [-0.2, 0) is 4.74 Å². The van der Waals surface area contributed by atoms with E-state index in [0.29, 0.717) is 0 Å². The molecule has 1 aliphatic rings. The molecule has 1 unspecified atom stereocenters. The highest BCUT2D eigenvalue weighted by atomic mass is 16.5. The fourth-order valence-corrected chi connectivity index (χ4v) is 1.64. The normalized spacial score (nSPS) is 21.5. The number of hydrogen-bond acceptors (Lipinski definition) is 2. The van der Waals surface area contributed by atoms with Crippen LogP contribution in [0.15, 0.2) is 29.0 Å². The maximum atomic E-state index is 5.64. The Morgan fingerprint density at radius 2 is 2.47 bits per heavy atom. The van der Waals surface area contributed by atoms with Gasteiger partial charge in [-0.3, -0.25) is 0 Å². The van der Waals surface area contributed by atoms with Crippen molar-refractivity contribution in [3.8, 4) is 0 Å². The number of allylic oxidation sites excluding steroid dienone is 3. The van der Waals surface area contributed by atoms with Crippen molar-refractivity contribution in [2.45, 2.75) is 32.6 Å². The first-order chi connectivity index (χ1) is 7.36. The molecule has 0 aromatic rings. The van der Waals surface area contributed by atoms with Crippen molar-refractivity contribution >= 4 is 6.21 Å². The van der Waals surface area contributed by atoms with E-state index in [4.69, 9.17) is 4.74 Å². The van der Waals surface area contributed by atoms with Crippen LogP contribution < -0.4 is 0 Å². The molecule has 0 saturated heterocycles. The number of hydrogen-bond donors (Lipinski definition) is 0. The van der Waals surface area contributed by atoms with E-state index >= 15 is 0 Å². The van der Waals surface area contributed by atoms with E-state index in [0.717, 1.165) is 31.1 Å². The van der Waals surface area contributed by atoms with Gasteiger partial charge >= 0.3 is 0 Å². The van der Waals surface area contributed by atoms with E-state index in [1.165, 1.54) is 12.8 Å². The molecule has 0 spiro atoms. The van der Waals surface area contributed by atoms with Gasteiger partial charge in [0.2, 0.25) is 0 Å². The first kappa shape index (κ1) is 12.0. The number of ether oxygens (including phenoxy) is 1. The van der Waals surface area contributed by atoms with Gasteiger partial charge in [0.25, 0.3) is 0 Å². The minimum atomic E-state index is 0.722. The Morgan fingerprint density at radius 1 is 1.60 bits per heavy atom. The monoisotopic (exact) mass is 207 g/mol. The molecule has 84 valence electrons. The van der Waals surface area contributed by atoms with Crippen molar-refractivity contribution < 1.29 is 4.74 Å². The predicted molar refractivity (Wildman–Crippen MR) is 65.2 cm³/mol. The van der Waals surface area contributed by atoms with Gasteiger partial charge in [0.15, 0.2) is 0 Å². The summed E-state index contributed by atoms with van der Waals surface area (Å²) in [5.74, 6) is 1.75. The van der Waals surface area contributed by atoms with Gasteiger partial charge in [-0.25, -0.2) is 0 Å². The van der Waals surface area contributed by atoms with Crippen molar-refractivity contribution in [3.05, 3.63) is 24.0 Å². The molecule has 0 aromatic carbocycles. The van der Waals surface area contributed by atoms with Gasteiger partial charge in [0.1, 0.15) is 5.76 Å². The molecule has 2 heteroatoms. The Balaban J connectivity index is 2.31. The molecule has 1 aliphatic carbocycles. The van der Waals surface area contributed by atoms with Crippen LogP contribution in [0.5, 0.6) is 0 Å². The van der Waals surface area contributed by atoms with Gasteiger partial charge in [-0.2, -0.15) is 0 Å². The Labute approximate surface area is 92.7 Å². The van der Waals surface area contributed by atoms with Crippen molar-refractivity contribution in [2.24, 2.45) is 10.9 Å². The summed E-state index contributed by atoms with van der Waals surface area (Å²) in [4.78, 5) is 3.92. The van der Waals surface area contributed by atoms with Crippen LogP contribution in [0.4, 0.5) is 0 Å². The molecule has 0 heterocycles. The summed E-state index contributed by atoms with van der Waals surface area (Å²) in [6.45, 7) is 2.96. The highest BCUT2D eigenvalue weighted by Gasteiger charge is 2.05. The standard InChI is InChI=1S/C13H21NO/c1-3-12-6-4-7-13(9-8-12)15-11-5-10-14-2/h7-10,12H,3-6,11H2,1-2H3. The third-order valence-corrected chi connectivity index (χ3v) is 2.64. The second-order valence-electron chi connectivity index (χ2n) is 3.79. The first-order valence-corrected chi connectivity index (χ1v) is 5.78. The summed E-state index contributed by atoms with van der Waals surface area (Å²) >= 11 is 0. The molecule has 0 radical (unpaired) electrons. The molecule has 0 aliphatic heterocycles. The lowest BCUT2D eigenvalue weighted by atomic mass is 10.0. The minimum absolute atomic E-state index is 0.722. The summed E-state index contributed by atoms with van der Waals surface area (Å²) in [7, 11) is 1.79. The summed E-state index contributed by atoms with van der Waals surface area (Å²) < 4.78 is 5.64. The molecule has 0 amide bonds. The van der Waals surface area contributed by atoms with Crippen LogP contribution >= 0.6 is 0 Å². The maximum Gasteiger partial charge on any atom is 0.115 e. The zero-order chi connectivity index (χ0) is 10.9. The average molecular weight is 207 g/mol. The van der Waals surface area contributed by atoms with Crippen molar-refractivity contribution in [3.63, 3.8) is 0 Å². The Kier molecular flexibility index (Phi) is 5.83. The number of nitrogens with zero attached hydrogens (tertiary/aromatic N) is 1. The lowest BCUT2D eigenvalue weighted by Gasteiger charge is -2.04. The molecule has 0 fully saturated rings. The van der Waals surface area contributed by atoms with Crippen LogP contribution in [-0.4, -0.2) is 19.9 Å². The summed E-state index contributed by atoms with van der Waals surface area (Å²) in [5.41, 5.74) is 0. The lowest BCUT2D eigenvalue weighted by molar-refractivity contribution is 0.233. The predicted octanol–water partition coefficient (Wildman–Crippen LogP) is 3.35. The van der Waals surface area contributed by atoms with Crippen molar-refractivity contribution in [2.75, 3.05) is 13.7 Å². The molecule has 1 atom stereocenters. The molecule has 0 N–H and O–H groups in total. The van der Waals surface area contributed by atoms with E-state index in [2.05, 4.69) is 30.1 Å². The lowest BCUT2D eigenvalue weighted by Crippen LogP contribution is -1.93. The van der Waals surface area contributed by atoms with Crippen LogP contribution in [0, 0.1) is 5.92 Å². The Morgan fingerprint density at radius 3 is 3.20 bits per heavy atom. The van der Waals surface area contributed by atoms with E-state index in [1.807, 2.05) is 6.21 Å². The van der Waals surface area contributed by atoms with Crippen LogP contribution in [0.1, 0.15) is 32.6 Å². The summed E-state index contributed by atoms with van der Waals surface area (Å²) in [6.07, 6.45) is 12.9. The SMILES string of the molecule is CCC1C=CC(OCCC=NC)=CCC1. The smallest absolute Gasteiger partial charge is 0.115 e. The molecular formula is C13H21NO. The third-order valence-electron chi connectivity index (χ3n) is 2.64. The van der Waals surface area contributed by atoms with Crippen LogP contribution in [0.3, 0.4) is 0 Å². The molecule has 1 rings (SSSR count). The van der Waals surface area contributed by atoms with Gasteiger partial charge in [0, 0.05) is 19.7 Å². The molecule has 0 saturated carbocycles. The first-order valence-electron chi connectivity index (χ1n) is 5.78. The maximum absolute atomic E-state index is 5.64. The highest BCUT2D eigenvalue weighted by Crippen LogP contribution is 2.19. The third kappa shape index (κ3) is 4.82. The quantitative estimate of drug-likeness (QED) is 0.500. The van der Waals surface area contributed by atoms with E-state index in [-0.39, 0.29) is 0 Å². The zero-order valence-corrected chi connectivity index (χ0v) is 9.78. The van der Waals surface area contributed by atoms with Crippen LogP contribution in [0.25, 0.3) is 0 Å². The molecule has 15 heavy (non-hydrogen) atoms. The van der Waals surface area contributed by atoms with Crippen molar-refractivity contribution in [1.29, 1.82) is 0 Å². The molecule has 0 aromatic heterocycles. The molecular weight excluding hydrogens is 186 g/mol. The second kappa shape index (κ2) is 7.27. The Hall–Kier alpha value is -1.05. The molecule has 0 bridgehead atoms. The topological polar surface area (TPSA) is 21.6 Å². The number of aliphatic imine (C=N–C) groups is 1. The minimum Gasteiger partial charge on any atom is -0.494 e. The highest BCUT2D eigenvalue weighted by molar-refractivity contribution is 5.56. The fraction of sp³-hybridized carbons (Fsp3) is 0.615. The second-order valence-corrected chi connectivity index (χ2v) is 3.79. The summed E-state index contributed by atoms with van der Waals surface area (Å²) in [5, 5.41) is 0. The number of rotatable bonds is 5. The average Bonchev–Trinajstić information content (AvgIpc) is 2.49. The largest absolute Gasteiger partial charge is 0.494 e. The van der Waals surface area contributed by atoms with Gasteiger partial charge < -0.3 is 9.73 Å². The van der Waals surface area contributed by atoms with Crippen LogP contribution in [0.2, 0.25) is 0 Å². The summed E-state index contributed by atoms with van der Waals surface area (Å²) in [6, 6.07) is 0. The van der Waals surface area contributed by atoms with E-state index in [9.17, 15) is 0 Å². The van der Waals surface area contributed by atoms with Gasteiger partial charge in [-0.15, -0.1) is 0 Å². The van der Waals surface area contributed by atoms with E-state index in [1.54, 1.807) is 7.05 Å². The van der Waals surface area contributed by atoms with Gasteiger partial charge in [-0.05, 0) is 37.3 Å². The van der Waals surface area contributed by atoms with Gasteiger partial charge in [0.05, 0.1) is 6.61 Å². The fourth-order valence-electron chi connectivity index (χ4n) is 1.64. The Bertz CT molecular complexity index is 253. The van der Waals surface area contributed by atoms with E-state index < -0.39 is 0 Å². The zero-order valence-electron chi connectivity index (χ0n) is 9.78. The van der Waals surface area contributed by atoms with Crippen molar-refractivity contribution in [1.82, 2.24) is 0 Å². The molecule has 2 nitrogen and oxygen atoms in total. The van der Waals surface area contributed by atoms with Gasteiger partial charge in [-0.1, -0.05) is 13.0 Å².